The average molecular weight is 457 g/mol. The molecule has 4 aromatic rings. The van der Waals surface area contributed by atoms with Crippen molar-refractivity contribution in [3.63, 3.8) is 0 Å². The Balaban J connectivity index is 1.11. The van der Waals surface area contributed by atoms with Crippen LogP contribution in [0.4, 0.5) is 0 Å². The number of rotatable bonds is 3. The normalized spacial score (nSPS) is 18.2. The van der Waals surface area contributed by atoms with Crippen LogP contribution in [0.2, 0.25) is 0 Å². The summed E-state index contributed by atoms with van der Waals surface area (Å²) in [5.41, 5.74) is 3.70. The van der Waals surface area contributed by atoms with Crippen LogP contribution in [0.1, 0.15) is 38.2 Å². The van der Waals surface area contributed by atoms with Gasteiger partial charge in [-0.1, -0.05) is 41.6 Å². The molecule has 2 aromatic heterocycles. The zero-order chi connectivity index (χ0) is 23.1. The molecule has 0 saturated carbocycles. The maximum atomic E-state index is 13.2. The zero-order valence-electron chi connectivity index (χ0n) is 18.6. The fourth-order valence-electron chi connectivity index (χ4n) is 4.67. The van der Waals surface area contributed by atoms with Gasteiger partial charge < -0.3 is 19.5 Å². The average Bonchev–Trinajstić information content (AvgIpc) is 3.54. The standard InChI is InChI=1S/C25H24N6O3/c32-24(19-7-6-17-8-9-26-20(17)14-19)29-10-12-30(13-11-29)25(33)23-21-16-34-22(15-31(21)28-27-23)18-4-2-1-3-5-18/h1-9,14,22,26H,10-13,15-16H2. The van der Waals surface area contributed by atoms with E-state index in [2.05, 4.69) is 15.3 Å². The molecule has 34 heavy (non-hydrogen) atoms. The Morgan fingerprint density at radius 2 is 1.71 bits per heavy atom. The van der Waals surface area contributed by atoms with E-state index in [1.54, 1.807) is 14.5 Å². The Morgan fingerprint density at radius 1 is 0.941 bits per heavy atom. The van der Waals surface area contributed by atoms with Gasteiger partial charge in [0.1, 0.15) is 6.10 Å². The van der Waals surface area contributed by atoms with Crippen molar-refractivity contribution in [3.05, 3.63) is 83.3 Å². The molecular formula is C25H24N6O3. The number of ether oxygens (including phenoxy) is 1. The van der Waals surface area contributed by atoms with Gasteiger partial charge in [0.25, 0.3) is 11.8 Å². The summed E-state index contributed by atoms with van der Waals surface area (Å²) in [5, 5.41) is 9.48. The van der Waals surface area contributed by atoms with Gasteiger partial charge in [-0.2, -0.15) is 0 Å². The molecule has 9 heteroatoms. The molecule has 2 aromatic carbocycles. The van der Waals surface area contributed by atoms with E-state index in [0.29, 0.717) is 49.7 Å². The summed E-state index contributed by atoms with van der Waals surface area (Å²) in [6.45, 7) is 2.66. The number of nitrogens with one attached hydrogen (secondary N) is 1. The third kappa shape index (κ3) is 3.63. The van der Waals surface area contributed by atoms with Gasteiger partial charge in [0.15, 0.2) is 5.69 Å². The second-order valence-electron chi connectivity index (χ2n) is 8.64. The molecule has 0 radical (unpaired) electrons. The van der Waals surface area contributed by atoms with E-state index < -0.39 is 0 Å². The minimum absolute atomic E-state index is 0.0232. The molecule has 2 aliphatic heterocycles. The third-order valence-electron chi connectivity index (χ3n) is 6.63. The monoisotopic (exact) mass is 456 g/mol. The molecular weight excluding hydrogens is 432 g/mol. The molecule has 0 aliphatic carbocycles. The van der Waals surface area contributed by atoms with Crippen molar-refractivity contribution in [2.45, 2.75) is 19.3 Å². The second-order valence-corrected chi connectivity index (χ2v) is 8.64. The summed E-state index contributed by atoms with van der Waals surface area (Å²) < 4.78 is 7.79. The highest BCUT2D eigenvalue weighted by atomic mass is 16.5. The van der Waals surface area contributed by atoms with Crippen molar-refractivity contribution in [2.24, 2.45) is 0 Å². The molecule has 172 valence electrons. The Bertz CT molecular complexity index is 1350. The Labute approximate surface area is 195 Å². The lowest BCUT2D eigenvalue weighted by molar-refractivity contribution is -0.00202. The van der Waals surface area contributed by atoms with E-state index in [1.165, 1.54) is 0 Å². The van der Waals surface area contributed by atoms with Gasteiger partial charge in [0, 0.05) is 43.5 Å². The van der Waals surface area contributed by atoms with E-state index in [-0.39, 0.29) is 24.5 Å². The number of amides is 2. The zero-order valence-corrected chi connectivity index (χ0v) is 18.6. The highest BCUT2D eigenvalue weighted by molar-refractivity contribution is 5.98. The van der Waals surface area contributed by atoms with Gasteiger partial charge >= 0.3 is 0 Å². The van der Waals surface area contributed by atoms with Crippen LogP contribution in [-0.4, -0.2) is 67.8 Å². The third-order valence-corrected chi connectivity index (χ3v) is 6.63. The van der Waals surface area contributed by atoms with Crippen LogP contribution < -0.4 is 0 Å². The van der Waals surface area contributed by atoms with Crippen molar-refractivity contribution in [1.82, 2.24) is 29.8 Å². The van der Waals surface area contributed by atoms with Crippen LogP contribution in [0.25, 0.3) is 10.9 Å². The smallest absolute Gasteiger partial charge is 0.276 e. The molecule has 0 spiro atoms. The number of carbonyl (C=O) groups excluding carboxylic acids is 2. The summed E-state index contributed by atoms with van der Waals surface area (Å²) in [4.78, 5) is 32.9. The molecule has 0 bridgehead atoms. The first-order valence-electron chi connectivity index (χ1n) is 11.4. The largest absolute Gasteiger partial charge is 0.365 e. The SMILES string of the molecule is O=C(c1ccc2cc[nH]c2c1)N1CCN(C(=O)c2nnn3c2COC(c2ccccc2)C3)CC1. The molecule has 4 heterocycles. The maximum Gasteiger partial charge on any atom is 0.276 e. The Hall–Kier alpha value is -3.98. The number of H-pyrrole nitrogens is 1. The van der Waals surface area contributed by atoms with Crippen LogP contribution in [0.15, 0.2) is 60.8 Å². The number of carbonyl (C=O) groups is 2. The summed E-state index contributed by atoms with van der Waals surface area (Å²) in [6.07, 6.45) is 1.75. The fourth-order valence-corrected chi connectivity index (χ4v) is 4.67. The molecule has 2 aliphatic rings. The lowest BCUT2D eigenvalue weighted by atomic mass is 10.1. The van der Waals surface area contributed by atoms with Crippen molar-refractivity contribution >= 4 is 22.7 Å². The van der Waals surface area contributed by atoms with Gasteiger partial charge in [-0.05, 0) is 29.1 Å². The Kier molecular flexibility index (Phi) is 5.10. The Morgan fingerprint density at radius 3 is 2.50 bits per heavy atom. The lowest BCUT2D eigenvalue weighted by Crippen LogP contribution is -2.50. The van der Waals surface area contributed by atoms with Crippen molar-refractivity contribution in [2.75, 3.05) is 26.2 Å². The van der Waals surface area contributed by atoms with Gasteiger partial charge in [0.05, 0.1) is 18.8 Å². The predicted octanol–water partition coefficient (Wildman–Crippen LogP) is 2.63. The van der Waals surface area contributed by atoms with E-state index >= 15 is 0 Å². The number of benzene rings is 2. The molecule has 1 unspecified atom stereocenters. The van der Waals surface area contributed by atoms with Crippen LogP contribution in [0, 0.1) is 0 Å². The van der Waals surface area contributed by atoms with E-state index in [4.69, 9.17) is 4.74 Å². The maximum absolute atomic E-state index is 13.2. The first-order valence-corrected chi connectivity index (χ1v) is 11.4. The number of nitrogens with zero attached hydrogens (tertiary/aromatic N) is 5. The van der Waals surface area contributed by atoms with Crippen molar-refractivity contribution < 1.29 is 14.3 Å². The quantitative estimate of drug-likeness (QED) is 0.511. The number of fused-ring (bicyclic) bond motifs is 2. The molecule has 1 atom stereocenters. The topological polar surface area (TPSA) is 96.4 Å². The highest BCUT2D eigenvalue weighted by Gasteiger charge is 2.32. The summed E-state index contributed by atoms with van der Waals surface area (Å²) >= 11 is 0. The first-order chi connectivity index (χ1) is 16.7. The summed E-state index contributed by atoms with van der Waals surface area (Å²) in [6, 6.07) is 17.6. The van der Waals surface area contributed by atoms with Gasteiger partial charge in [-0.25, -0.2) is 4.68 Å². The molecule has 2 amide bonds. The van der Waals surface area contributed by atoms with Crippen LogP contribution in [0.5, 0.6) is 0 Å². The molecule has 9 nitrogen and oxygen atoms in total. The fraction of sp³-hybridized carbons (Fsp3) is 0.280. The number of aromatic amines is 1. The van der Waals surface area contributed by atoms with Crippen LogP contribution >= 0.6 is 0 Å². The number of hydrogen-bond donors (Lipinski definition) is 1. The highest BCUT2D eigenvalue weighted by Crippen LogP contribution is 2.27. The first kappa shape index (κ1) is 20.6. The second kappa shape index (κ2) is 8.42. The summed E-state index contributed by atoms with van der Waals surface area (Å²) in [7, 11) is 0. The van der Waals surface area contributed by atoms with Gasteiger partial charge in [-0.3, -0.25) is 9.59 Å². The predicted molar refractivity (Wildman–Crippen MR) is 124 cm³/mol. The number of aromatic nitrogens is 4. The summed E-state index contributed by atoms with van der Waals surface area (Å²) in [5.74, 6) is -0.187. The number of hydrogen-bond acceptors (Lipinski definition) is 5. The van der Waals surface area contributed by atoms with Crippen molar-refractivity contribution in [1.29, 1.82) is 0 Å². The van der Waals surface area contributed by atoms with Crippen LogP contribution in [-0.2, 0) is 17.9 Å². The van der Waals surface area contributed by atoms with Gasteiger partial charge in [0.2, 0.25) is 0 Å². The molecule has 1 fully saturated rings. The van der Waals surface area contributed by atoms with Crippen molar-refractivity contribution in [3.8, 4) is 0 Å². The van der Waals surface area contributed by atoms with E-state index in [9.17, 15) is 9.59 Å². The minimum Gasteiger partial charge on any atom is -0.365 e. The van der Waals surface area contributed by atoms with Gasteiger partial charge in [-0.15, -0.1) is 5.10 Å². The molecule has 6 rings (SSSR count). The minimum atomic E-state index is -0.164. The van der Waals surface area contributed by atoms with Crippen LogP contribution in [0.3, 0.4) is 0 Å². The van der Waals surface area contributed by atoms with E-state index in [0.717, 1.165) is 16.5 Å². The lowest BCUT2D eigenvalue weighted by Gasteiger charge is -2.34. The number of piperazine rings is 1. The molecule has 1 N–H and O–H groups in total. The molecule has 1 saturated heterocycles. The van der Waals surface area contributed by atoms with E-state index in [1.807, 2.05) is 60.8 Å².